The second kappa shape index (κ2) is 8.77. The van der Waals surface area contributed by atoms with Crippen molar-refractivity contribution in [2.75, 3.05) is 27.7 Å². The minimum absolute atomic E-state index is 0.368. The van der Waals surface area contributed by atoms with Crippen LogP contribution in [-0.4, -0.2) is 59.7 Å². The van der Waals surface area contributed by atoms with Crippen molar-refractivity contribution in [1.29, 1.82) is 0 Å². The molecule has 2 heterocycles. The Balaban J connectivity index is 1.37. The first-order valence-electron chi connectivity index (χ1n) is 10.0. The van der Waals surface area contributed by atoms with Crippen molar-refractivity contribution >= 4 is 5.97 Å². The Hall–Kier alpha value is -3.03. The molecule has 30 heavy (non-hydrogen) atoms. The number of carbonyl (C=O) groups is 1. The molecule has 156 valence electrons. The first-order valence-corrected chi connectivity index (χ1v) is 10.0. The summed E-state index contributed by atoms with van der Waals surface area (Å²) in [6.45, 7) is 2.47. The third-order valence-electron chi connectivity index (χ3n) is 5.58. The number of ether oxygens (including phenoxy) is 1. The van der Waals surface area contributed by atoms with Crippen molar-refractivity contribution < 1.29 is 14.1 Å². The van der Waals surface area contributed by atoms with Crippen molar-refractivity contribution in [3.05, 3.63) is 71.1 Å². The summed E-state index contributed by atoms with van der Waals surface area (Å²) < 4.78 is 10.2. The highest BCUT2D eigenvalue weighted by atomic mass is 16.5. The van der Waals surface area contributed by atoms with Crippen molar-refractivity contribution in [3.63, 3.8) is 0 Å². The molecule has 0 aliphatic carbocycles. The van der Waals surface area contributed by atoms with Gasteiger partial charge in [0, 0.05) is 24.7 Å². The van der Waals surface area contributed by atoms with E-state index in [0.29, 0.717) is 29.9 Å². The van der Waals surface area contributed by atoms with E-state index in [1.54, 1.807) is 24.3 Å². The Morgan fingerprint density at radius 3 is 2.67 bits per heavy atom. The maximum atomic E-state index is 11.6. The molecule has 4 rings (SSSR count). The summed E-state index contributed by atoms with van der Waals surface area (Å²) in [5, 5.41) is 4.09. The number of hydrogen-bond donors (Lipinski definition) is 0. The lowest BCUT2D eigenvalue weighted by Crippen LogP contribution is -2.44. The SMILES string of the molecule is COC(=O)c1ccc(-c2noc(CN(C)CC3Cc4ccccc4CN3C)n2)cc1. The van der Waals surface area contributed by atoms with Gasteiger partial charge in [0.05, 0.1) is 19.2 Å². The zero-order chi connectivity index (χ0) is 21.1. The summed E-state index contributed by atoms with van der Waals surface area (Å²) in [5.74, 6) is 0.717. The molecule has 0 saturated heterocycles. The summed E-state index contributed by atoms with van der Waals surface area (Å²) in [4.78, 5) is 20.7. The molecule has 0 bridgehead atoms. The van der Waals surface area contributed by atoms with Crippen molar-refractivity contribution in [2.45, 2.75) is 25.6 Å². The predicted octanol–water partition coefficient (Wildman–Crippen LogP) is 3.01. The van der Waals surface area contributed by atoms with Crippen LogP contribution in [0.5, 0.6) is 0 Å². The Labute approximate surface area is 176 Å². The average Bonchev–Trinajstić information content (AvgIpc) is 3.22. The largest absolute Gasteiger partial charge is 0.465 e. The average molecular weight is 406 g/mol. The van der Waals surface area contributed by atoms with Gasteiger partial charge in [-0.2, -0.15) is 4.98 Å². The number of esters is 1. The topological polar surface area (TPSA) is 71.7 Å². The Morgan fingerprint density at radius 2 is 1.93 bits per heavy atom. The molecule has 1 aromatic heterocycles. The number of fused-ring (bicyclic) bond motifs is 1. The van der Waals surface area contributed by atoms with E-state index in [9.17, 15) is 4.79 Å². The second-order valence-electron chi connectivity index (χ2n) is 7.82. The van der Waals surface area contributed by atoms with Crippen LogP contribution in [0.25, 0.3) is 11.4 Å². The smallest absolute Gasteiger partial charge is 0.337 e. The maximum Gasteiger partial charge on any atom is 0.337 e. The van der Waals surface area contributed by atoms with E-state index in [1.807, 2.05) is 0 Å². The molecule has 1 aliphatic rings. The molecule has 0 saturated carbocycles. The molecule has 0 fully saturated rings. The van der Waals surface area contributed by atoms with E-state index in [4.69, 9.17) is 9.26 Å². The van der Waals surface area contributed by atoms with Crippen LogP contribution < -0.4 is 0 Å². The van der Waals surface area contributed by atoms with Gasteiger partial charge in [0.1, 0.15) is 0 Å². The molecule has 0 radical (unpaired) electrons. The van der Waals surface area contributed by atoms with E-state index in [-0.39, 0.29) is 5.97 Å². The van der Waals surface area contributed by atoms with E-state index in [2.05, 4.69) is 58.3 Å². The summed E-state index contributed by atoms with van der Waals surface area (Å²) in [7, 11) is 5.61. The highest BCUT2D eigenvalue weighted by molar-refractivity contribution is 5.89. The van der Waals surface area contributed by atoms with Crippen LogP contribution in [0.15, 0.2) is 53.1 Å². The first-order chi connectivity index (χ1) is 14.5. The van der Waals surface area contributed by atoms with Gasteiger partial charge in [0.15, 0.2) is 0 Å². The Bertz CT molecular complexity index is 1020. The lowest BCUT2D eigenvalue weighted by molar-refractivity contribution is 0.0600. The molecular weight excluding hydrogens is 380 g/mol. The number of nitrogens with zero attached hydrogens (tertiary/aromatic N) is 4. The van der Waals surface area contributed by atoms with Crippen LogP contribution >= 0.6 is 0 Å². The minimum Gasteiger partial charge on any atom is -0.465 e. The lowest BCUT2D eigenvalue weighted by atomic mass is 9.94. The molecule has 1 atom stereocenters. The zero-order valence-electron chi connectivity index (χ0n) is 17.5. The number of aromatic nitrogens is 2. The van der Waals surface area contributed by atoms with Crippen LogP contribution in [-0.2, 0) is 24.2 Å². The van der Waals surface area contributed by atoms with Gasteiger partial charge in [-0.3, -0.25) is 9.80 Å². The predicted molar refractivity (Wildman–Crippen MR) is 113 cm³/mol. The van der Waals surface area contributed by atoms with Gasteiger partial charge in [-0.1, -0.05) is 41.6 Å². The highest BCUT2D eigenvalue weighted by Crippen LogP contribution is 2.23. The number of benzene rings is 2. The lowest BCUT2D eigenvalue weighted by Gasteiger charge is -2.36. The van der Waals surface area contributed by atoms with Gasteiger partial charge in [-0.15, -0.1) is 0 Å². The van der Waals surface area contributed by atoms with E-state index < -0.39 is 0 Å². The molecule has 1 unspecified atom stereocenters. The number of likely N-dealkylation sites (N-methyl/N-ethyl adjacent to an activating group) is 2. The molecule has 0 amide bonds. The Kier molecular flexibility index (Phi) is 5.92. The van der Waals surface area contributed by atoms with E-state index >= 15 is 0 Å². The maximum absolute atomic E-state index is 11.6. The van der Waals surface area contributed by atoms with Gasteiger partial charge < -0.3 is 9.26 Å². The van der Waals surface area contributed by atoms with Gasteiger partial charge in [0.25, 0.3) is 0 Å². The molecule has 7 heteroatoms. The van der Waals surface area contributed by atoms with E-state index in [0.717, 1.165) is 25.1 Å². The number of methoxy groups -OCH3 is 1. The third-order valence-corrected chi connectivity index (χ3v) is 5.58. The molecular formula is C23H26N4O3. The standard InChI is InChI=1S/C23H26N4O3/c1-26(14-20-12-18-6-4-5-7-19(18)13-27(20)2)15-21-24-22(25-30-21)16-8-10-17(11-9-16)23(28)29-3/h4-11,20H,12-15H2,1-3H3. The van der Waals surface area contributed by atoms with E-state index in [1.165, 1.54) is 18.2 Å². The fraction of sp³-hybridized carbons (Fsp3) is 0.348. The molecule has 0 spiro atoms. The van der Waals surface area contributed by atoms with Crippen LogP contribution in [0.1, 0.15) is 27.4 Å². The van der Waals surface area contributed by atoms with Crippen molar-refractivity contribution in [2.24, 2.45) is 0 Å². The summed E-state index contributed by atoms with van der Waals surface area (Å²) >= 11 is 0. The van der Waals surface area contributed by atoms with Gasteiger partial charge in [0.2, 0.25) is 11.7 Å². The van der Waals surface area contributed by atoms with Crippen LogP contribution in [0.4, 0.5) is 0 Å². The zero-order valence-corrected chi connectivity index (χ0v) is 17.5. The quantitative estimate of drug-likeness (QED) is 0.583. The molecule has 7 nitrogen and oxygen atoms in total. The van der Waals surface area contributed by atoms with Crippen molar-refractivity contribution in [3.8, 4) is 11.4 Å². The van der Waals surface area contributed by atoms with Gasteiger partial charge >= 0.3 is 5.97 Å². The van der Waals surface area contributed by atoms with Gasteiger partial charge in [-0.25, -0.2) is 4.79 Å². The molecule has 2 aromatic carbocycles. The van der Waals surface area contributed by atoms with Crippen LogP contribution in [0.2, 0.25) is 0 Å². The molecule has 1 aliphatic heterocycles. The second-order valence-corrected chi connectivity index (χ2v) is 7.82. The fourth-order valence-corrected chi connectivity index (χ4v) is 3.89. The fourth-order valence-electron chi connectivity index (χ4n) is 3.89. The molecule has 0 N–H and O–H groups in total. The summed E-state index contributed by atoms with van der Waals surface area (Å²) in [6.07, 6.45) is 1.04. The number of hydrogen-bond acceptors (Lipinski definition) is 7. The first kappa shape index (κ1) is 20.3. The monoisotopic (exact) mass is 406 g/mol. The number of rotatable bonds is 6. The third kappa shape index (κ3) is 4.42. The summed E-state index contributed by atoms with van der Waals surface area (Å²) in [6, 6.07) is 16.1. The van der Waals surface area contributed by atoms with Crippen LogP contribution in [0.3, 0.4) is 0 Å². The number of carbonyl (C=O) groups excluding carboxylic acids is 1. The van der Waals surface area contributed by atoms with Crippen LogP contribution in [0, 0.1) is 0 Å². The highest BCUT2D eigenvalue weighted by Gasteiger charge is 2.24. The Morgan fingerprint density at radius 1 is 1.20 bits per heavy atom. The summed E-state index contributed by atoms with van der Waals surface area (Å²) in [5.41, 5.74) is 4.13. The van der Waals surface area contributed by atoms with Gasteiger partial charge in [-0.05, 0) is 43.8 Å². The molecule has 3 aromatic rings. The van der Waals surface area contributed by atoms with Crippen molar-refractivity contribution in [1.82, 2.24) is 19.9 Å². The normalized spacial score (nSPS) is 16.5. The minimum atomic E-state index is -0.368.